The Morgan fingerprint density at radius 3 is 2.71 bits per heavy atom. The third-order valence-corrected chi connectivity index (χ3v) is 3.53. The summed E-state index contributed by atoms with van der Waals surface area (Å²) >= 11 is 5.32. The molecule has 1 aromatic heterocycles. The molecule has 0 amide bonds. The molecule has 112 valence electrons. The van der Waals surface area contributed by atoms with Crippen molar-refractivity contribution in [2.24, 2.45) is 0 Å². The van der Waals surface area contributed by atoms with Crippen LogP contribution in [0.25, 0.3) is 0 Å². The molecule has 0 bridgehead atoms. The summed E-state index contributed by atoms with van der Waals surface area (Å²) in [6, 6.07) is 12.5. The smallest absolute Gasteiger partial charge is 0.166 e. The number of aryl methyl sites for hydroxylation is 2. The molecule has 2 rings (SSSR count). The number of rotatable bonds is 6. The quantitative estimate of drug-likeness (QED) is 0.636. The summed E-state index contributed by atoms with van der Waals surface area (Å²) in [5.41, 5.74) is 2.28. The predicted octanol–water partition coefficient (Wildman–Crippen LogP) is 2.81. The fourth-order valence-corrected chi connectivity index (χ4v) is 2.38. The van der Waals surface area contributed by atoms with Crippen molar-refractivity contribution in [3.63, 3.8) is 0 Å². The van der Waals surface area contributed by atoms with E-state index in [1.165, 1.54) is 5.56 Å². The van der Waals surface area contributed by atoms with E-state index in [1.807, 2.05) is 42.1 Å². The topological polar surface area (TPSA) is 41.9 Å². The molecule has 1 atom stereocenters. The van der Waals surface area contributed by atoms with Crippen LogP contribution in [0.15, 0.2) is 42.6 Å². The maximum Gasteiger partial charge on any atom is 0.166 e. The van der Waals surface area contributed by atoms with Crippen molar-refractivity contribution in [3.05, 3.63) is 53.9 Å². The highest BCUT2D eigenvalue weighted by Crippen LogP contribution is 2.10. The van der Waals surface area contributed by atoms with Crippen LogP contribution in [0.5, 0.6) is 0 Å². The minimum absolute atomic E-state index is 0.208. The van der Waals surface area contributed by atoms with Crippen LogP contribution in [0, 0.1) is 6.92 Å². The van der Waals surface area contributed by atoms with Crippen LogP contribution in [0.2, 0.25) is 0 Å². The highest BCUT2D eigenvalue weighted by molar-refractivity contribution is 7.80. The van der Waals surface area contributed by atoms with Crippen LogP contribution in [0.1, 0.15) is 30.6 Å². The maximum absolute atomic E-state index is 5.32. The first kappa shape index (κ1) is 15.5. The first-order valence-corrected chi connectivity index (χ1v) is 7.65. The fraction of sp³-hybridized carbons (Fsp3) is 0.375. The number of hydrogen-bond acceptors (Lipinski definition) is 2. The molecule has 1 unspecified atom stereocenters. The van der Waals surface area contributed by atoms with E-state index >= 15 is 0 Å². The summed E-state index contributed by atoms with van der Waals surface area (Å²) in [5, 5.41) is 11.6. The Bertz CT molecular complexity index is 565. The molecule has 0 aliphatic heterocycles. The van der Waals surface area contributed by atoms with Gasteiger partial charge in [-0.15, -0.1) is 0 Å². The molecule has 2 aromatic rings. The van der Waals surface area contributed by atoms with Crippen LogP contribution >= 0.6 is 12.2 Å². The summed E-state index contributed by atoms with van der Waals surface area (Å²) in [5.74, 6) is 0. The Morgan fingerprint density at radius 2 is 2.05 bits per heavy atom. The molecular formula is C16H22N4S. The van der Waals surface area contributed by atoms with Gasteiger partial charge < -0.3 is 10.6 Å². The molecule has 1 aromatic carbocycles. The van der Waals surface area contributed by atoms with E-state index in [-0.39, 0.29) is 6.04 Å². The zero-order valence-electron chi connectivity index (χ0n) is 12.5. The van der Waals surface area contributed by atoms with Gasteiger partial charge in [-0.2, -0.15) is 5.10 Å². The molecule has 0 saturated carbocycles. The van der Waals surface area contributed by atoms with Gasteiger partial charge in [0.15, 0.2) is 5.11 Å². The second-order valence-corrected chi connectivity index (χ2v) is 5.51. The SMILES string of the molecule is Cc1ccn(CCCNC(=S)NC(C)c2ccccc2)n1. The van der Waals surface area contributed by atoms with Gasteiger partial charge in [-0.05, 0) is 44.1 Å². The van der Waals surface area contributed by atoms with E-state index in [4.69, 9.17) is 12.2 Å². The normalized spacial score (nSPS) is 11.9. The molecule has 4 nitrogen and oxygen atoms in total. The van der Waals surface area contributed by atoms with Gasteiger partial charge >= 0.3 is 0 Å². The van der Waals surface area contributed by atoms with Crippen molar-refractivity contribution in [3.8, 4) is 0 Å². The minimum Gasteiger partial charge on any atom is -0.363 e. The van der Waals surface area contributed by atoms with Crippen LogP contribution in [0.4, 0.5) is 0 Å². The van der Waals surface area contributed by atoms with E-state index in [0.717, 1.165) is 25.2 Å². The lowest BCUT2D eigenvalue weighted by molar-refractivity contribution is 0.566. The maximum atomic E-state index is 5.32. The van der Waals surface area contributed by atoms with Gasteiger partial charge in [0.25, 0.3) is 0 Å². The first-order chi connectivity index (χ1) is 10.1. The van der Waals surface area contributed by atoms with Crippen molar-refractivity contribution < 1.29 is 0 Å². The minimum atomic E-state index is 0.208. The van der Waals surface area contributed by atoms with Crippen molar-refractivity contribution in [1.29, 1.82) is 0 Å². The van der Waals surface area contributed by atoms with Gasteiger partial charge in [-0.25, -0.2) is 0 Å². The Labute approximate surface area is 131 Å². The lowest BCUT2D eigenvalue weighted by atomic mass is 10.1. The number of aromatic nitrogens is 2. The van der Waals surface area contributed by atoms with Crippen molar-refractivity contribution >= 4 is 17.3 Å². The van der Waals surface area contributed by atoms with Crippen molar-refractivity contribution in [2.75, 3.05) is 6.54 Å². The molecule has 0 aliphatic rings. The Hall–Kier alpha value is -1.88. The third kappa shape index (κ3) is 5.19. The Morgan fingerprint density at radius 1 is 1.29 bits per heavy atom. The summed E-state index contributed by atoms with van der Waals surface area (Å²) in [4.78, 5) is 0. The summed E-state index contributed by atoms with van der Waals surface area (Å²) in [6.45, 7) is 5.85. The van der Waals surface area contributed by atoms with Gasteiger partial charge in [0.1, 0.15) is 0 Å². The Kier molecular flexibility index (Phi) is 5.75. The van der Waals surface area contributed by atoms with Crippen LogP contribution < -0.4 is 10.6 Å². The van der Waals surface area contributed by atoms with Crippen molar-refractivity contribution in [1.82, 2.24) is 20.4 Å². The first-order valence-electron chi connectivity index (χ1n) is 7.24. The second-order valence-electron chi connectivity index (χ2n) is 5.11. The van der Waals surface area contributed by atoms with E-state index < -0.39 is 0 Å². The van der Waals surface area contributed by atoms with Crippen molar-refractivity contribution in [2.45, 2.75) is 32.9 Å². The average molecular weight is 302 g/mol. The second kappa shape index (κ2) is 7.78. The number of hydrogen-bond donors (Lipinski definition) is 2. The average Bonchev–Trinajstić information content (AvgIpc) is 2.90. The number of nitrogens with zero attached hydrogens (tertiary/aromatic N) is 2. The zero-order chi connectivity index (χ0) is 15.1. The lowest BCUT2D eigenvalue weighted by Gasteiger charge is -2.17. The van der Waals surface area contributed by atoms with Crippen LogP contribution in [-0.2, 0) is 6.54 Å². The van der Waals surface area contributed by atoms with Gasteiger partial charge in [-0.3, -0.25) is 4.68 Å². The molecule has 2 N–H and O–H groups in total. The van der Waals surface area contributed by atoms with Gasteiger partial charge in [-0.1, -0.05) is 30.3 Å². The van der Waals surface area contributed by atoms with Gasteiger partial charge in [0.05, 0.1) is 11.7 Å². The van der Waals surface area contributed by atoms with Crippen LogP contribution in [-0.4, -0.2) is 21.4 Å². The molecule has 0 fully saturated rings. The number of benzene rings is 1. The van der Waals surface area contributed by atoms with Crippen LogP contribution in [0.3, 0.4) is 0 Å². The van der Waals surface area contributed by atoms with E-state index in [9.17, 15) is 0 Å². The molecule has 0 aliphatic carbocycles. The largest absolute Gasteiger partial charge is 0.363 e. The number of nitrogens with one attached hydrogen (secondary N) is 2. The zero-order valence-corrected chi connectivity index (χ0v) is 13.4. The summed E-state index contributed by atoms with van der Waals surface area (Å²) in [6.07, 6.45) is 2.99. The third-order valence-electron chi connectivity index (χ3n) is 3.27. The highest BCUT2D eigenvalue weighted by Gasteiger charge is 2.05. The molecule has 21 heavy (non-hydrogen) atoms. The van der Waals surface area contributed by atoms with Gasteiger partial charge in [0.2, 0.25) is 0 Å². The molecule has 0 saturated heterocycles. The Balaban J connectivity index is 1.65. The molecular weight excluding hydrogens is 280 g/mol. The molecule has 1 heterocycles. The van der Waals surface area contributed by atoms with Gasteiger partial charge in [0, 0.05) is 19.3 Å². The molecule has 5 heteroatoms. The summed E-state index contributed by atoms with van der Waals surface area (Å²) < 4.78 is 1.96. The monoisotopic (exact) mass is 302 g/mol. The van der Waals surface area contributed by atoms with E-state index in [0.29, 0.717) is 5.11 Å². The molecule has 0 radical (unpaired) electrons. The fourth-order valence-electron chi connectivity index (χ4n) is 2.10. The molecule has 0 spiro atoms. The standard InChI is InChI=1S/C16H22N4S/c1-13-9-12-20(19-13)11-6-10-17-16(21)18-14(2)15-7-4-3-5-8-15/h3-5,7-9,12,14H,6,10-11H2,1-2H3,(H2,17,18,21). The van der Waals surface area contributed by atoms with E-state index in [1.54, 1.807) is 0 Å². The highest BCUT2D eigenvalue weighted by atomic mass is 32.1. The predicted molar refractivity (Wildman–Crippen MR) is 90.2 cm³/mol. The lowest BCUT2D eigenvalue weighted by Crippen LogP contribution is -2.37. The summed E-state index contributed by atoms with van der Waals surface area (Å²) in [7, 11) is 0. The van der Waals surface area contributed by atoms with E-state index in [2.05, 4.69) is 34.8 Å². The number of thiocarbonyl (C=S) groups is 1.